The molecule has 0 aliphatic carbocycles. The monoisotopic (exact) mass is 438 g/mol. The van der Waals surface area contributed by atoms with E-state index >= 15 is 0 Å². The topological polar surface area (TPSA) is 40.5 Å². The summed E-state index contributed by atoms with van der Waals surface area (Å²) in [5.41, 5.74) is 6.70. The van der Waals surface area contributed by atoms with Crippen LogP contribution in [0.4, 0.5) is 0 Å². The first-order valence-electron chi connectivity index (χ1n) is 12.4. The van der Waals surface area contributed by atoms with Crippen LogP contribution in [0.3, 0.4) is 0 Å². The Kier molecular flexibility index (Phi) is 8.13. The van der Waals surface area contributed by atoms with Crippen LogP contribution in [0.1, 0.15) is 127 Å². The molecule has 0 saturated carbocycles. The zero-order valence-electron chi connectivity index (χ0n) is 22.2. The van der Waals surface area contributed by atoms with Crippen LogP contribution in [-0.4, -0.2) is 10.2 Å². The first-order valence-corrected chi connectivity index (χ1v) is 12.4. The highest BCUT2D eigenvalue weighted by Crippen LogP contribution is 2.39. The van der Waals surface area contributed by atoms with Crippen molar-refractivity contribution in [3.8, 4) is 11.5 Å². The van der Waals surface area contributed by atoms with Gasteiger partial charge in [0.1, 0.15) is 11.5 Å². The molecule has 2 heteroatoms. The number of rotatable bonds is 7. The van der Waals surface area contributed by atoms with E-state index in [2.05, 4.69) is 93.5 Å². The second kappa shape index (κ2) is 9.89. The van der Waals surface area contributed by atoms with Gasteiger partial charge in [0.05, 0.1) is 0 Å². The largest absolute Gasteiger partial charge is 0.507 e. The molecule has 0 fully saturated rings. The zero-order chi connectivity index (χ0) is 24.4. The SMILES string of the molecule is CC(C)c1cc(CCCCc2cc(C(C)C)c(O)c(C(C)(C)C)c2)cc(C(C)(C)C)c1O. The summed E-state index contributed by atoms with van der Waals surface area (Å²) in [6, 6.07) is 8.81. The Bertz CT molecular complexity index is 844. The van der Waals surface area contributed by atoms with E-state index in [1.165, 1.54) is 11.1 Å². The Morgan fingerprint density at radius 3 is 1.16 bits per heavy atom. The molecule has 0 aliphatic heterocycles. The lowest BCUT2D eigenvalue weighted by atomic mass is 9.81. The maximum absolute atomic E-state index is 10.8. The van der Waals surface area contributed by atoms with E-state index in [9.17, 15) is 10.2 Å². The van der Waals surface area contributed by atoms with Crippen molar-refractivity contribution in [1.82, 2.24) is 0 Å². The van der Waals surface area contributed by atoms with Crippen molar-refractivity contribution in [2.45, 2.75) is 118 Å². The first kappa shape index (κ1) is 26.3. The standard InChI is InChI=1S/C30H46O2/c1-19(2)23-15-21(17-25(27(23)31)29(5,6)7)13-11-12-14-22-16-24(20(3)4)28(32)26(18-22)30(8,9)10/h15-20,31-32H,11-14H2,1-10H3. The average Bonchev–Trinajstić information content (AvgIpc) is 2.64. The minimum Gasteiger partial charge on any atom is -0.507 e. The Labute approximate surface area is 197 Å². The number of hydrogen-bond donors (Lipinski definition) is 2. The van der Waals surface area contributed by atoms with Crippen molar-refractivity contribution in [3.63, 3.8) is 0 Å². The van der Waals surface area contributed by atoms with E-state index in [1.54, 1.807) is 0 Å². The first-order chi connectivity index (χ1) is 14.6. The second-order valence-electron chi connectivity index (χ2n) is 12.2. The van der Waals surface area contributed by atoms with Crippen LogP contribution >= 0.6 is 0 Å². The molecular weight excluding hydrogens is 392 g/mol. The van der Waals surface area contributed by atoms with Gasteiger partial charge in [-0.15, -0.1) is 0 Å². The molecule has 2 rings (SSSR count). The molecule has 2 N–H and O–H groups in total. The van der Waals surface area contributed by atoms with E-state index in [-0.39, 0.29) is 10.8 Å². The van der Waals surface area contributed by atoms with Crippen molar-refractivity contribution in [3.05, 3.63) is 57.6 Å². The maximum Gasteiger partial charge on any atom is 0.122 e. The Balaban J connectivity index is 2.19. The Morgan fingerprint density at radius 1 is 0.594 bits per heavy atom. The van der Waals surface area contributed by atoms with Gasteiger partial charge in [0, 0.05) is 0 Å². The summed E-state index contributed by atoms with van der Waals surface area (Å²) in [5.74, 6) is 1.55. The third-order valence-corrected chi connectivity index (χ3v) is 6.44. The van der Waals surface area contributed by atoms with E-state index in [1.807, 2.05) is 0 Å². The zero-order valence-corrected chi connectivity index (χ0v) is 22.2. The number of benzene rings is 2. The van der Waals surface area contributed by atoms with E-state index in [4.69, 9.17) is 0 Å². The Morgan fingerprint density at radius 2 is 0.906 bits per heavy atom. The van der Waals surface area contributed by atoms with Crippen molar-refractivity contribution >= 4 is 0 Å². The molecule has 0 bridgehead atoms. The number of aromatic hydroxyl groups is 2. The Hall–Kier alpha value is -1.96. The summed E-state index contributed by atoms with van der Waals surface area (Å²) in [7, 11) is 0. The van der Waals surface area contributed by atoms with Gasteiger partial charge < -0.3 is 10.2 Å². The van der Waals surface area contributed by atoms with Crippen LogP contribution in [-0.2, 0) is 23.7 Å². The minimum absolute atomic E-state index is 0.0770. The third kappa shape index (κ3) is 6.30. The average molecular weight is 439 g/mol. The summed E-state index contributed by atoms with van der Waals surface area (Å²) in [6.45, 7) is 21.6. The lowest BCUT2D eigenvalue weighted by Gasteiger charge is -2.25. The van der Waals surface area contributed by atoms with E-state index < -0.39 is 0 Å². The molecule has 2 aromatic rings. The fraction of sp³-hybridized carbons (Fsp3) is 0.600. The van der Waals surface area contributed by atoms with Gasteiger partial charge >= 0.3 is 0 Å². The molecule has 0 amide bonds. The summed E-state index contributed by atoms with van der Waals surface area (Å²) in [4.78, 5) is 0. The molecule has 0 aromatic heterocycles. The van der Waals surface area contributed by atoms with Gasteiger partial charge in [0.25, 0.3) is 0 Å². The van der Waals surface area contributed by atoms with Gasteiger partial charge in [-0.1, -0.05) is 93.5 Å². The highest BCUT2D eigenvalue weighted by atomic mass is 16.3. The van der Waals surface area contributed by atoms with Gasteiger partial charge in [-0.3, -0.25) is 0 Å². The van der Waals surface area contributed by atoms with Gasteiger partial charge in [0.2, 0.25) is 0 Å². The molecular formula is C30H46O2. The summed E-state index contributed by atoms with van der Waals surface area (Å²) >= 11 is 0. The minimum atomic E-state index is -0.0770. The quantitative estimate of drug-likeness (QED) is 0.425. The number of hydrogen-bond acceptors (Lipinski definition) is 2. The van der Waals surface area contributed by atoms with Gasteiger partial charge in [-0.25, -0.2) is 0 Å². The third-order valence-electron chi connectivity index (χ3n) is 6.44. The predicted octanol–water partition coefficient (Wildman–Crippen LogP) is 8.51. The van der Waals surface area contributed by atoms with Crippen LogP contribution in [0.25, 0.3) is 0 Å². The van der Waals surface area contributed by atoms with E-state index in [0.717, 1.165) is 47.9 Å². The summed E-state index contributed by atoms with van der Waals surface area (Å²) in [5, 5.41) is 21.6. The van der Waals surface area contributed by atoms with Crippen LogP contribution in [0.2, 0.25) is 0 Å². The van der Waals surface area contributed by atoms with Crippen LogP contribution < -0.4 is 0 Å². The van der Waals surface area contributed by atoms with E-state index in [0.29, 0.717) is 23.3 Å². The number of unbranched alkanes of at least 4 members (excludes halogenated alkanes) is 1. The molecule has 2 nitrogen and oxygen atoms in total. The summed E-state index contributed by atoms with van der Waals surface area (Å²) in [6.07, 6.45) is 4.25. The molecule has 32 heavy (non-hydrogen) atoms. The van der Waals surface area contributed by atoms with Crippen LogP contribution in [0, 0.1) is 0 Å². The molecule has 0 spiro atoms. The smallest absolute Gasteiger partial charge is 0.122 e. The van der Waals surface area contributed by atoms with Crippen molar-refractivity contribution in [2.75, 3.05) is 0 Å². The molecule has 2 aromatic carbocycles. The maximum atomic E-state index is 10.8. The highest BCUT2D eigenvalue weighted by molar-refractivity contribution is 5.49. The molecule has 0 aliphatic rings. The number of aryl methyl sites for hydroxylation is 2. The lowest BCUT2D eigenvalue weighted by Crippen LogP contribution is -2.13. The fourth-order valence-corrected chi connectivity index (χ4v) is 4.41. The van der Waals surface area contributed by atoms with Crippen molar-refractivity contribution in [1.29, 1.82) is 0 Å². The molecule has 0 saturated heterocycles. The molecule has 178 valence electrons. The van der Waals surface area contributed by atoms with Gasteiger partial charge in [0.15, 0.2) is 0 Å². The highest BCUT2D eigenvalue weighted by Gasteiger charge is 2.23. The van der Waals surface area contributed by atoms with Crippen LogP contribution in [0.15, 0.2) is 24.3 Å². The predicted molar refractivity (Wildman–Crippen MR) is 138 cm³/mol. The van der Waals surface area contributed by atoms with Crippen LogP contribution in [0.5, 0.6) is 11.5 Å². The van der Waals surface area contributed by atoms with Gasteiger partial charge in [-0.2, -0.15) is 0 Å². The van der Waals surface area contributed by atoms with Gasteiger partial charge in [-0.05, 0) is 81.7 Å². The number of phenolic OH excluding ortho intramolecular Hbond substituents is 2. The second-order valence-corrected chi connectivity index (χ2v) is 12.2. The summed E-state index contributed by atoms with van der Waals surface area (Å²) < 4.78 is 0. The molecule has 0 radical (unpaired) electrons. The fourth-order valence-electron chi connectivity index (χ4n) is 4.41. The molecule has 0 unspecified atom stereocenters. The normalized spacial score (nSPS) is 12.8. The number of phenols is 2. The van der Waals surface area contributed by atoms with Crippen molar-refractivity contribution in [2.24, 2.45) is 0 Å². The van der Waals surface area contributed by atoms with Crippen molar-refractivity contribution < 1.29 is 10.2 Å². The molecule has 0 atom stereocenters. The lowest BCUT2D eigenvalue weighted by molar-refractivity contribution is 0.436. The molecule has 0 heterocycles.